The number of halogens is 2. The van der Waals surface area contributed by atoms with Crippen molar-refractivity contribution in [1.82, 2.24) is 9.78 Å². The van der Waals surface area contributed by atoms with E-state index in [1.807, 2.05) is 0 Å². The summed E-state index contributed by atoms with van der Waals surface area (Å²) in [7, 11) is 0. The molecule has 7 heteroatoms. The Morgan fingerprint density at radius 1 is 1.32 bits per heavy atom. The first kappa shape index (κ1) is 15.1. The molecule has 104 valence electrons. The minimum atomic E-state index is -0.458. The second-order valence-electron chi connectivity index (χ2n) is 3.85. The number of phenols is 2. The first-order chi connectivity index (χ1) is 8.69. The van der Waals surface area contributed by atoms with Crippen molar-refractivity contribution in [2.24, 2.45) is 0 Å². The average Bonchev–Trinajstić information content (AvgIpc) is 2.76. The molecule has 0 aliphatic heterocycles. The molecule has 1 heterocycles. The van der Waals surface area contributed by atoms with Crippen LogP contribution in [0.5, 0.6) is 11.5 Å². The van der Waals surface area contributed by atoms with Gasteiger partial charge in [0.15, 0.2) is 0 Å². The molecule has 3 N–H and O–H groups in total. The van der Waals surface area contributed by atoms with E-state index in [-0.39, 0.29) is 30.5 Å². The predicted octanol–water partition coefficient (Wildman–Crippen LogP) is 2.30. The number of aromatic nitrogens is 2. The van der Waals surface area contributed by atoms with Crippen molar-refractivity contribution < 1.29 is 14.6 Å². The molecule has 0 fully saturated rings. The Bertz CT molecular complexity index is 533. The van der Waals surface area contributed by atoms with Crippen LogP contribution in [0.4, 0.5) is 10.1 Å². The summed E-state index contributed by atoms with van der Waals surface area (Å²) in [5, 5.41) is 25.8. The van der Waals surface area contributed by atoms with E-state index < -0.39 is 6.67 Å². The van der Waals surface area contributed by atoms with Gasteiger partial charge in [-0.1, -0.05) is 0 Å². The first-order valence-corrected chi connectivity index (χ1v) is 5.52. The van der Waals surface area contributed by atoms with Gasteiger partial charge in [0, 0.05) is 24.4 Å². The fourth-order valence-corrected chi connectivity index (χ4v) is 1.56. The second-order valence-corrected chi connectivity index (χ2v) is 3.85. The van der Waals surface area contributed by atoms with Gasteiger partial charge in [-0.05, 0) is 12.1 Å². The van der Waals surface area contributed by atoms with Gasteiger partial charge in [-0.3, -0.25) is 4.68 Å². The highest BCUT2D eigenvalue weighted by Crippen LogP contribution is 2.23. The lowest BCUT2D eigenvalue weighted by molar-refractivity contribution is 0.427. The monoisotopic (exact) mass is 287 g/mol. The summed E-state index contributed by atoms with van der Waals surface area (Å²) in [5.41, 5.74) is 1.40. The largest absolute Gasteiger partial charge is 0.508 e. The summed E-state index contributed by atoms with van der Waals surface area (Å²) in [5.74, 6) is 0.0469. The molecule has 0 unspecified atom stereocenters. The van der Waals surface area contributed by atoms with Gasteiger partial charge >= 0.3 is 0 Å². The molecule has 0 radical (unpaired) electrons. The lowest BCUT2D eigenvalue weighted by Crippen LogP contribution is -2.00. The Balaban J connectivity index is 0.00000180. The lowest BCUT2D eigenvalue weighted by Gasteiger charge is -2.06. The number of hydrogen-bond donors (Lipinski definition) is 3. The molecule has 0 atom stereocenters. The van der Waals surface area contributed by atoms with Crippen LogP contribution >= 0.6 is 12.4 Å². The minimum absolute atomic E-state index is 0. The standard InChI is InChI=1S/C12H14FN3O2.ClH/c13-3-4-16-8-10(7-15-16)14-6-9-1-2-11(17)5-12(9)18;/h1-2,5,7-8,14,17-18H,3-4,6H2;1H. The minimum Gasteiger partial charge on any atom is -0.508 e. The van der Waals surface area contributed by atoms with Gasteiger partial charge in [0.1, 0.15) is 18.2 Å². The van der Waals surface area contributed by atoms with E-state index in [4.69, 9.17) is 5.11 Å². The Labute approximate surface area is 116 Å². The molecular formula is C12H15ClFN3O2. The molecule has 0 spiro atoms. The van der Waals surface area contributed by atoms with E-state index in [9.17, 15) is 9.50 Å². The van der Waals surface area contributed by atoms with Crippen molar-refractivity contribution in [3.63, 3.8) is 0 Å². The molecule has 2 aromatic rings. The number of anilines is 1. The number of aromatic hydroxyl groups is 2. The van der Waals surface area contributed by atoms with Crippen LogP contribution < -0.4 is 5.32 Å². The summed E-state index contributed by atoms with van der Waals surface area (Å²) in [4.78, 5) is 0. The third-order valence-electron chi connectivity index (χ3n) is 2.50. The quantitative estimate of drug-likeness (QED) is 0.789. The third-order valence-corrected chi connectivity index (χ3v) is 2.50. The molecule has 19 heavy (non-hydrogen) atoms. The van der Waals surface area contributed by atoms with Gasteiger partial charge in [0.2, 0.25) is 0 Å². The van der Waals surface area contributed by atoms with Crippen LogP contribution in [0.3, 0.4) is 0 Å². The zero-order chi connectivity index (χ0) is 13.0. The van der Waals surface area contributed by atoms with Crippen molar-refractivity contribution in [3.8, 4) is 11.5 Å². The summed E-state index contributed by atoms with van der Waals surface area (Å²) in [6.45, 7) is 0.166. The van der Waals surface area contributed by atoms with Crippen LogP contribution in [0, 0.1) is 0 Å². The SMILES string of the molecule is Cl.Oc1ccc(CNc2cnn(CCF)c2)c(O)c1. The average molecular weight is 288 g/mol. The molecule has 0 amide bonds. The van der Waals surface area contributed by atoms with Crippen molar-refractivity contribution in [2.75, 3.05) is 12.0 Å². The van der Waals surface area contributed by atoms with Gasteiger partial charge in [0.25, 0.3) is 0 Å². The van der Waals surface area contributed by atoms with E-state index in [1.165, 1.54) is 16.8 Å². The fraction of sp³-hybridized carbons (Fsp3) is 0.250. The molecule has 1 aromatic carbocycles. The number of nitrogens with zero attached hydrogens (tertiary/aromatic N) is 2. The molecule has 0 saturated heterocycles. The van der Waals surface area contributed by atoms with E-state index in [2.05, 4.69) is 10.4 Å². The van der Waals surface area contributed by atoms with E-state index in [0.29, 0.717) is 12.1 Å². The van der Waals surface area contributed by atoms with Crippen LogP contribution in [0.25, 0.3) is 0 Å². The van der Waals surface area contributed by atoms with E-state index >= 15 is 0 Å². The van der Waals surface area contributed by atoms with Crippen LogP contribution in [-0.2, 0) is 13.1 Å². The maximum absolute atomic E-state index is 12.1. The molecular weight excluding hydrogens is 273 g/mol. The van der Waals surface area contributed by atoms with E-state index in [1.54, 1.807) is 18.5 Å². The Morgan fingerprint density at radius 3 is 2.79 bits per heavy atom. The number of alkyl halides is 1. The summed E-state index contributed by atoms with van der Waals surface area (Å²) < 4.78 is 13.6. The maximum Gasteiger partial charge on any atom is 0.124 e. The van der Waals surface area contributed by atoms with Crippen molar-refractivity contribution in [2.45, 2.75) is 13.1 Å². The van der Waals surface area contributed by atoms with Crippen molar-refractivity contribution in [3.05, 3.63) is 36.2 Å². The Hall–Kier alpha value is -1.95. The number of benzene rings is 1. The Morgan fingerprint density at radius 2 is 2.11 bits per heavy atom. The number of nitrogens with one attached hydrogen (secondary N) is 1. The second kappa shape index (κ2) is 6.84. The molecule has 2 rings (SSSR count). The van der Waals surface area contributed by atoms with Gasteiger partial charge in [-0.25, -0.2) is 4.39 Å². The molecule has 0 saturated carbocycles. The highest BCUT2D eigenvalue weighted by atomic mass is 35.5. The maximum atomic E-state index is 12.1. The predicted molar refractivity (Wildman–Crippen MR) is 72.5 cm³/mol. The topological polar surface area (TPSA) is 70.3 Å². The molecule has 5 nitrogen and oxygen atoms in total. The van der Waals surface area contributed by atoms with E-state index in [0.717, 1.165) is 5.69 Å². The number of hydrogen-bond acceptors (Lipinski definition) is 4. The Kier molecular flexibility index (Phi) is 5.44. The first-order valence-electron chi connectivity index (χ1n) is 5.52. The number of rotatable bonds is 5. The van der Waals surface area contributed by atoms with Crippen LogP contribution in [0.15, 0.2) is 30.6 Å². The summed E-state index contributed by atoms with van der Waals surface area (Å²) >= 11 is 0. The van der Waals surface area contributed by atoms with Gasteiger partial charge in [-0.2, -0.15) is 5.10 Å². The van der Waals surface area contributed by atoms with Crippen molar-refractivity contribution >= 4 is 18.1 Å². The number of aryl methyl sites for hydroxylation is 1. The summed E-state index contributed by atoms with van der Waals surface area (Å²) in [6.07, 6.45) is 3.28. The smallest absolute Gasteiger partial charge is 0.124 e. The zero-order valence-corrected chi connectivity index (χ0v) is 10.9. The van der Waals surface area contributed by atoms with Crippen LogP contribution in [0.1, 0.15) is 5.56 Å². The molecule has 0 aliphatic rings. The lowest BCUT2D eigenvalue weighted by atomic mass is 10.2. The van der Waals surface area contributed by atoms with Gasteiger partial charge in [0.05, 0.1) is 18.4 Å². The molecule has 0 aliphatic carbocycles. The molecule has 0 bridgehead atoms. The van der Waals surface area contributed by atoms with Gasteiger partial charge in [-0.15, -0.1) is 12.4 Å². The summed E-state index contributed by atoms with van der Waals surface area (Å²) in [6, 6.07) is 4.41. The van der Waals surface area contributed by atoms with Crippen molar-refractivity contribution in [1.29, 1.82) is 0 Å². The molecule has 1 aromatic heterocycles. The van der Waals surface area contributed by atoms with Crippen LogP contribution in [0.2, 0.25) is 0 Å². The fourth-order valence-electron chi connectivity index (χ4n) is 1.56. The third kappa shape index (κ3) is 4.03. The normalized spacial score (nSPS) is 9.95. The number of phenolic OH excluding ortho intramolecular Hbond substituents is 2. The highest BCUT2D eigenvalue weighted by Gasteiger charge is 2.03. The van der Waals surface area contributed by atoms with Crippen LogP contribution in [-0.4, -0.2) is 26.7 Å². The van der Waals surface area contributed by atoms with Gasteiger partial charge < -0.3 is 15.5 Å². The highest BCUT2D eigenvalue weighted by molar-refractivity contribution is 5.85. The zero-order valence-electron chi connectivity index (χ0n) is 10.1.